The Bertz CT molecular complexity index is 1260. The molecular formula is C20H16F3N5O2. The number of nitrogens with one attached hydrogen (secondary N) is 3. The number of hydrogen-bond acceptors (Lipinski definition) is 4. The van der Waals surface area contributed by atoms with Crippen LogP contribution in [0.5, 0.6) is 0 Å². The largest absolute Gasteiger partial charge is 0.432 e. The van der Waals surface area contributed by atoms with Crippen LogP contribution < -0.4 is 5.32 Å². The lowest BCUT2D eigenvalue weighted by Crippen LogP contribution is -2.34. The van der Waals surface area contributed by atoms with E-state index in [1.807, 2.05) is 24.3 Å². The van der Waals surface area contributed by atoms with Gasteiger partial charge in [0.05, 0.1) is 17.6 Å². The van der Waals surface area contributed by atoms with Crippen molar-refractivity contribution in [3.63, 3.8) is 0 Å². The van der Waals surface area contributed by atoms with Gasteiger partial charge >= 0.3 is 12.3 Å². The summed E-state index contributed by atoms with van der Waals surface area (Å²) >= 11 is 0. The van der Waals surface area contributed by atoms with Gasteiger partial charge in [0.2, 0.25) is 0 Å². The molecule has 2 aromatic carbocycles. The number of rotatable bonds is 2. The summed E-state index contributed by atoms with van der Waals surface area (Å²) in [6, 6.07) is 11.0. The second kappa shape index (κ2) is 6.77. The number of alkyl halides is 3. The van der Waals surface area contributed by atoms with Gasteiger partial charge in [-0.1, -0.05) is 12.1 Å². The molecule has 10 heteroatoms. The number of halogens is 3. The van der Waals surface area contributed by atoms with Gasteiger partial charge in [-0.15, -0.1) is 5.06 Å². The topological polar surface area (TPSA) is 86.0 Å². The van der Waals surface area contributed by atoms with Crippen LogP contribution in [-0.4, -0.2) is 32.9 Å². The number of carbonyl (C=O) groups excluding carboxylic acids is 1. The van der Waals surface area contributed by atoms with Crippen LogP contribution in [0.1, 0.15) is 16.8 Å². The average molecular weight is 415 g/mol. The molecule has 0 fully saturated rings. The molecule has 3 N–H and O–H groups in total. The van der Waals surface area contributed by atoms with E-state index in [-0.39, 0.29) is 6.54 Å². The van der Waals surface area contributed by atoms with E-state index in [1.165, 1.54) is 11.1 Å². The molecule has 0 bridgehead atoms. The summed E-state index contributed by atoms with van der Waals surface area (Å²) in [5.41, 5.74) is 2.28. The van der Waals surface area contributed by atoms with Gasteiger partial charge in [-0.3, -0.25) is 10.4 Å². The number of carbonyl (C=O) groups is 1. The predicted octanol–water partition coefficient (Wildman–Crippen LogP) is 4.58. The number of benzene rings is 2. The third kappa shape index (κ3) is 3.24. The number of hydrogen-bond donors (Lipinski definition) is 3. The van der Waals surface area contributed by atoms with Crippen molar-refractivity contribution in [3.05, 3.63) is 59.3 Å². The number of nitrogens with zero attached hydrogens (tertiary/aromatic N) is 2. The van der Waals surface area contributed by atoms with Gasteiger partial charge in [0.1, 0.15) is 0 Å². The number of para-hydroxylation sites is 1. The molecule has 1 aliphatic heterocycles. The van der Waals surface area contributed by atoms with Gasteiger partial charge < -0.3 is 9.82 Å². The lowest BCUT2D eigenvalue weighted by Gasteiger charge is -2.25. The number of H-pyrrole nitrogens is 2. The van der Waals surface area contributed by atoms with Crippen LogP contribution in [0.25, 0.3) is 21.8 Å². The van der Waals surface area contributed by atoms with Crippen molar-refractivity contribution in [3.8, 4) is 0 Å². The number of aromatic amines is 2. The van der Waals surface area contributed by atoms with Crippen molar-refractivity contribution in [2.45, 2.75) is 19.1 Å². The standard InChI is InChI=1S/C20H16F3N5O2/c21-20(22,23)11-5-6-15-14(9-11)12-7-8-28(10-17(12)24-15)30-19(29)25-18-13-3-1-2-4-16(13)26-27-18/h1-6,9,24H,7-8,10H2,(H2,25,26,27,29). The first kappa shape index (κ1) is 18.5. The number of amides is 1. The quantitative estimate of drug-likeness (QED) is 0.447. The molecule has 0 spiro atoms. The molecule has 0 unspecified atom stereocenters. The molecule has 2 aromatic heterocycles. The van der Waals surface area contributed by atoms with Crippen molar-refractivity contribution >= 4 is 33.7 Å². The third-order valence-electron chi connectivity index (χ3n) is 5.17. The fraction of sp³-hybridized carbons (Fsp3) is 0.200. The van der Waals surface area contributed by atoms with E-state index in [0.717, 1.165) is 34.3 Å². The molecule has 0 aliphatic carbocycles. The Kier molecular flexibility index (Phi) is 4.17. The van der Waals surface area contributed by atoms with Gasteiger partial charge in [0.15, 0.2) is 5.82 Å². The minimum atomic E-state index is -4.39. The fourth-order valence-electron chi connectivity index (χ4n) is 3.77. The number of anilines is 1. The molecule has 3 heterocycles. The number of fused-ring (bicyclic) bond motifs is 4. The van der Waals surface area contributed by atoms with Gasteiger partial charge in [-0.25, -0.2) is 4.79 Å². The summed E-state index contributed by atoms with van der Waals surface area (Å²) in [5.74, 6) is 0.360. The van der Waals surface area contributed by atoms with Crippen molar-refractivity contribution < 1.29 is 22.8 Å². The first-order chi connectivity index (χ1) is 14.4. The van der Waals surface area contributed by atoms with Crippen molar-refractivity contribution in [1.29, 1.82) is 0 Å². The monoisotopic (exact) mass is 415 g/mol. The van der Waals surface area contributed by atoms with E-state index in [9.17, 15) is 18.0 Å². The maximum Gasteiger partial charge on any atom is 0.432 e. The third-order valence-corrected chi connectivity index (χ3v) is 5.17. The molecule has 0 saturated heterocycles. The van der Waals surface area contributed by atoms with Crippen molar-refractivity contribution in [2.75, 3.05) is 11.9 Å². The van der Waals surface area contributed by atoms with E-state index < -0.39 is 17.8 Å². The highest BCUT2D eigenvalue weighted by molar-refractivity contribution is 5.96. The number of hydroxylamine groups is 2. The smallest absolute Gasteiger partial charge is 0.357 e. The first-order valence-electron chi connectivity index (χ1n) is 9.26. The molecule has 30 heavy (non-hydrogen) atoms. The molecule has 4 aromatic rings. The van der Waals surface area contributed by atoms with E-state index in [1.54, 1.807) is 0 Å². The molecule has 0 saturated carbocycles. The lowest BCUT2D eigenvalue weighted by molar-refractivity contribution is -0.137. The van der Waals surface area contributed by atoms with Crippen LogP contribution in [0.4, 0.5) is 23.8 Å². The predicted molar refractivity (Wildman–Crippen MR) is 104 cm³/mol. The zero-order chi connectivity index (χ0) is 20.9. The molecule has 154 valence electrons. The van der Waals surface area contributed by atoms with Crippen LogP contribution in [0, 0.1) is 0 Å². The second-order valence-corrected chi connectivity index (χ2v) is 7.08. The Hall–Kier alpha value is -3.53. The zero-order valence-corrected chi connectivity index (χ0v) is 15.5. The maximum atomic E-state index is 13.0. The lowest BCUT2D eigenvalue weighted by atomic mass is 10.0. The van der Waals surface area contributed by atoms with E-state index in [4.69, 9.17) is 4.84 Å². The summed E-state index contributed by atoms with van der Waals surface area (Å²) in [7, 11) is 0. The Morgan fingerprint density at radius 3 is 2.80 bits per heavy atom. The molecule has 0 atom stereocenters. The van der Waals surface area contributed by atoms with Gasteiger partial charge in [0, 0.05) is 28.5 Å². The summed E-state index contributed by atoms with van der Waals surface area (Å²) < 4.78 is 39.1. The molecule has 7 nitrogen and oxygen atoms in total. The summed E-state index contributed by atoms with van der Waals surface area (Å²) in [5, 5.41) is 12.3. The Labute approximate surface area is 167 Å². The highest BCUT2D eigenvalue weighted by atomic mass is 19.4. The van der Waals surface area contributed by atoms with Crippen LogP contribution in [0.3, 0.4) is 0 Å². The van der Waals surface area contributed by atoms with Crippen molar-refractivity contribution in [2.24, 2.45) is 0 Å². The zero-order valence-electron chi connectivity index (χ0n) is 15.5. The second-order valence-electron chi connectivity index (χ2n) is 7.08. The summed E-state index contributed by atoms with van der Waals surface area (Å²) in [6.07, 6.45) is -4.63. The van der Waals surface area contributed by atoms with Crippen LogP contribution >= 0.6 is 0 Å². The van der Waals surface area contributed by atoms with Crippen LogP contribution in [0.2, 0.25) is 0 Å². The first-order valence-corrected chi connectivity index (χ1v) is 9.26. The molecule has 5 rings (SSSR count). The summed E-state index contributed by atoms with van der Waals surface area (Å²) in [4.78, 5) is 20.8. The van der Waals surface area contributed by atoms with Gasteiger partial charge in [-0.05, 0) is 42.3 Å². The Morgan fingerprint density at radius 2 is 1.97 bits per heavy atom. The van der Waals surface area contributed by atoms with E-state index in [2.05, 4.69) is 20.5 Å². The Morgan fingerprint density at radius 1 is 1.13 bits per heavy atom. The average Bonchev–Trinajstić information content (AvgIpc) is 3.27. The molecule has 1 aliphatic rings. The molecular weight excluding hydrogens is 399 g/mol. The summed E-state index contributed by atoms with van der Waals surface area (Å²) in [6.45, 7) is 0.616. The van der Waals surface area contributed by atoms with E-state index in [0.29, 0.717) is 29.7 Å². The Balaban J connectivity index is 1.31. The highest BCUT2D eigenvalue weighted by Crippen LogP contribution is 2.34. The van der Waals surface area contributed by atoms with Gasteiger partial charge in [-0.2, -0.15) is 18.3 Å². The van der Waals surface area contributed by atoms with Crippen LogP contribution in [0.15, 0.2) is 42.5 Å². The SMILES string of the molecule is O=C(Nc1n[nH]c2ccccc12)ON1CCc2c([nH]c3ccc(C(F)(F)F)cc23)C1. The number of aromatic nitrogens is 3. The van der Waals surface area contributed by atoms with Gasteiger partial charge in [0.25, 0.3) is 0 Å². The van der Waals surface area contributed by atoms with Crippen molar-refractivity contribution in [1.82, 2.24) is 20.2 Å². The molecule has 1 amide bonds. The van der Waals surface area contributed by atoms with E-state index >= 15 is 0 Å². The normalized spacial score (nSPS) is 14.8. The maximum absolute atomic E-state index is 13.0. The minimum absolute atomic E-state index is 0.250. The molecule has 0 radical (unpaired) electrons. The highest BCUT2D eigenvalue weighted by Gasteiger charge is 2.32. The fourth-order valence-corrected chi connectivity index (χ4v) is 3.77. The minimum Gasteiger partial charge on any atom is -0.357 e. The van der Waals surface area contributed by atoms with Crippen LogP contribution in [-0.2, 0) is 24.0 Å².